The van der Waals surface area contributed by atoms with Gasteiger partial charge in [0.2, 0.25) is 5.91 Å². The number of hydrogen-bond donors (Lipinski definition) is 1. The number of nitrogens with one attached hydrogen (secondary N) is 1. The van der Waals surface area contributed by atoms with Gasteiger partial charge in [-0.1, -0.05) is 0 Å². The van der Waals surface area contributed by atoms with Crippen LogP contribution in [0, 0.1) is 6.92 Å². The molecule has 5 nitrogen and oxygen atoms in total. The van der Waals surface area contributed by atoms with Crippen molar-refractivity contribution in [1.82, 2.24) is 14.8 Å². The lowest BCUT2D eigenvalue weighted by Crippen LogP contribution is -2.45. The Morgan fingerprint density at radius 2 is 2.04 bits per heavy atom. The summed E-state index contributed by atoms with van der Waals surface area (Å²) in [6, 6.07) is 6.66. The van der Waals surface area contributed by atoms with Gasteiger partial charge < -0.3 is 14.6 Å². The first-order chi connectivity index (χ1) is 12.2. The molecule has 5 heteroatoms. The van der Waals surface area contributed by atoms with E-state index in [4.69, 9.17) is 4.74 Å². The molecule has 1 N–H and O–H groups in total. The zero-order valence-electron chi connectivity index (χ0n) is 15.2. The van der Waals surface area contributed by atoms with Crippen LogP contribution in [0.3, 0.4) is 0 Å². The first kappa shape index (κ1) is 16.5. The average Bonchev–Trinajstić information content (AvgIpc) is 3.19. The first-order valence-corrected chi connectivity index (χ1v) is 9.32. The van der Waals surface area contributed by atoms with Gasteiger partial charge in [-0.15, -0.1) is 0 Å². The van der Waals surface area contributed by atoms with Crippen molar-refractivity contribution < 1.29 is 9.53 Å². The fourth-order valence-electron chi connectivity index (χ4n) is 4.31. The summed E-state index contributed by atoms with van der Waals surface area (Å²) in [6.07, 6.45) is 3.98. The number of benzene rings is 1. The maximum Gasteiger partial charge on any atom is 0.222 e. The lowest BCUT2D eigenvalue weighted by molar-refractivity contribution is -0.130. The Morgan fingerprint density at radius 1 is 1.24 bits per heavy atom. The quantitative estimate of drug-likeness (QED) is 0.930. The second kappa shape index (κ2) is 6.71. The van der Waals surface area contributed by atoms with Gasteiger partial charge in [0.1, 0.15) is 5.75 Å². The van der Waals surface area contributed by atoms with Crippen molar-refractivity contribution in [2.24, 2.45) is 0 Å². The van der Waals surface area contributed by atoms with E-state index in [-0.39, 0.29) is 0 Å². The molecule has 0 bridgehead atoms. The molecule has 25 heavy (non-hydrogen) atoms. The summed E-state index contributed by atoms with van der Waals surface area (Å²) >= 11 is 0. The number of aromatic nitrogens is 1. The molecule has 3 heterocycles. The maximum atomic E-state index is 11.9. The number of piperidine rings is 1. The largest absolute Gasteiger partial charge is 0.497 e. The number of nitrogens with zero attached hydrogens (tertiary/aromatic N) is 2. The molecule has 4 rings (SSSR count). The van der Waals surface area contributed by atoms with Crippen molar-refractivity contribution in [2.45, 2.75) is 45.2 Å². The number of carbonyl (C=O) groups is 1. The van der Waals surface area contributed by atoms with Crippen LogP contribution in [0.4, 0.5) is 0 Å². The number of H-pyrrole nitrogens is 1. The van der Waals surface area contributed by atoms with Gasteiger partial charge in [-0.2, -0.15) is 0 Å². The van der Waals surface area contributed by atoms with E-state index in [9.17, 15) is 4.79 Å². The second-order valence-electron chi connectivity index (χ2n) is 7.34. The summed E-state index contributed by atoms with van der Waals surface area (Å²) < 4.78 is 5.35. The highest BCUT2D eigenvalue weighted by Gasteiger charge is 2.30. The lowest BCUT2D eigenvalue weighted by Gasteiger charge is -2.36. The maximum absolute atomic E-state index is 11.9. The van der Waals surface area contributed by atoms with Gasteiger partial charge in [0.05, 0.1) is 7.11 Å². The van der Waals surface area contributed by atoms with Crippen LogP contribution < -0.4 is 4.74 Å². The van der Waals surface area contributed by atoms with E-state index in [1.54, 1.807) is 7.11 Å². The van der Waals surface area contributed by atoms with Gasteiger partial charge in [-0.05, 0) is 49.9 Å². The van der Waals surface area contributed by atoms with Crippen LogP contribution in [0.25, 0.3) is 10.9 Å². The fourth-order valence-corrected chi connectivity index (χ4v) is 4.31. The van der Waals surface area contributed by atoms with Gasteiger partial charge in [-0.25, -0.2) is 0 Å². The number of ether oxygens (including phenoxy) is 1. The van der Waals surface area contributed by atoms with Gasteiger partial charge in [-0.3, -0.25) is 9.69 Å². The number of carbonyl (C=O) groups excluding carboxylic acids is 1. The van der Waals surface area contributed by atoms with Crippen molar-refractivity contribution in [2.75, 3.05) is 26.7 Å². The van der Waals surface area contributed by atoms with E-state index >= 15 is 0 Å². The molecule has 0 aliphatic carbocycles. The Kier molecular flexibility index (Phi) is 4.42. The van der Waals surface area contributed by atoms with Crippen LogP contribution in [0.2, 0.25) is 0 Å². The molecule has 2 aliphatic rings. The molecule has 2 saturated heterocycles. The molecule has 0 atom stereocenters. The van der Waals surface area contributed by atoms with E-state index in [1.807, 2.05) is 6.07 Å². The van der Waals surface area contributed by atoms with Crippen LogP contribution in [-0.2, 0) is 11.3 Å². The lowest BCUT2D eigenvalue weighted by atomic mass is 10.0. The topological polar surface area (TPSA) is 48.6 Å². The number of hydrogen-bond acceptors (Lipinski definition) is 3. The summed E-state index contributed by atoms with van der Waals surface area (Å²) in [6.45, 7) is 6.22. The minimum Gasteiger partial charge on any atom is -0.497 e. The summed E-state index contributed by atoms with van der Waals surface area (Å²) in [4.78, 5) is 20.1. The molecular weight excluding hydrogens is 314 g/mol. The highest BCUT2D eigenvalue weighted by Crippen LogP contribution is 2.28. The van der Waals surface area contributed by atoms with Gasteiger partial charge in [0.25, 0.3) is 0 Å². The summed E-state index contributed by atoms with van der Waals surface area (Å²) in [5.41, 5.74) is 3.77. The monoisotopic (exact) mass is 341 g/mol. The number of fused-ring (bicyclic) bond motifs is 1. The Labute approximate surface area is 148 Å². The van der Waals surface area contributed by atoms with E-state index in [2.05, 4.69) is 33.8 Å². The van der Waals surface area contributed by atoms with E-state index in [0.29, 0.717) is 11.9 Å². The first-order valence-electron chi connectivity index (χ1n) is 9.32. The molecule has 0 radical (unpaired) electrons. The minimum atomic E-state index is 0.360. The average molecular weight is 341 g/mol. The van der Waals surface area contributed by atoms with Crippen LogP contribution in [0.15, 0.2) is 18.2 Å². The number of methoxy groups -OCH3 is 1. The summed E-state index contributed by atoms with van der Waals surface area (Å²) in [7, 11) is 1.71. The summed E-state index contributed by atoms with van der Waals surface area (Å²) in [5, 5.41) is 1.24. The Hall–Kier alpha value is -2.01. The van der Waals surface area contributed by atoms with E-state index in [1.165, 1.54) is 22.2 Å². The molecule has 2 fully saturated rings. The zero-order valence-corrected chi connectivity index (χ0v) is 15.2. The van der Waals surface area contributed by atoms with Crippen LogP contribution in [0.1, 0.15) is 36.9 Å². The third-order valence-electron chi connectivity index (χ3n) is 5.86. The standard InChI is InChI=1S/C20H27N3O2/c1-14-17-12-16(25-2)5-6-18(17)21-19(14)13-22-10-7-15(8-11-22)23-9-3-4-20(23)24/h5-6,12,15,21H,3-4,7-11,13H2,1-2H3. The molecule has 0 unspecified atom stereocenters. The van der Waals surface area contributed by atoms with Crippen molar-refractivity contribution in [3.8, 4) is 5.75 Å². The van der Waals surface area contributed by atoms with Crippen molar-refractivity contribution in [3.63, 3.8) is 0 Å². The van der Waals surface area contributed by atoms with Crippen LogP contribution in [-0.4, -0.2) is 53.5 Å². The fraction of sp³-hybridized carbons (Fsp3) is 0.550. The Morgan fingerprint density at radius 3 is 2.72 bits per heavy atom. The molecule has 0 spiro atoms. The predicted octanol–water partition coefficient (Wildman–Crippen LogP) is 3.07. The highest BCUT2D eigenvalue weighted by atomic mass is 16.5. The van der Waals surface area contributed by atoms with Crippen molar-refractivity contribution >= 4 is 16.8 Å². The molecule has 1 aromatic heterocycles. The third kappa shape index (κ3) is 3.13. The van der Waals surface area contributed by atoms with E-state index < -0.39 is 0 Å². The number of likely N-dealkylation sites (tertiary alicyclic amines) is 2. The van der Waals surface area contributed by atoms with Crippen LogP contribution >= 0.6 is 0 Å². The third-order valence-corrected chi connectivity index (χ3v) is 5.86. The normalized spacial score (nSPS) is 19.9. The van der Waals surface area contributed by atoms with Gasteiger partial charge >= 0.3 is 0 Å². The zero-order chi connectivity index (χ0) is 17.4. The molecule has 1 aromatic carbocycles. The predicted molar refractivity (Wildman–Crippen MR) is 98.8 cm³/mol. The number of aryl methyl sites for hydroxylation is 1. The smallest absolute Gasteiger partial charge is 0.222 e. The molecular formula is C20H27N3O2. The number of aromatic amines is 1. The number of amides is 1. The molecule has 2 aliphatic heterocycles. The molecule has 1 amide bonds. The SMILES string of the molecule is COc1ccc2[nH]c(CN3CCC(N4CCCC4=O)CC3)c(C)c2c1. The van der Waals surface area contributed by atoms with Crippen LogP contribution in [0.5, 0.6) is 5.75 Å². The Bertz CT molecular complexity index is 775. The van der Waals surface area contributed by atoms with E-state index in [0.717, 1.165) is 57.6 Å². The number of rotatable bonds is 4. The molecule has 134 valence electrons. The second-order valence-corrected chi connectivity index (χ2v) is 7.34. The Balaban J connectivity index is 1.42. The van der Waals surface area contributed by atoms with Crippen molar-refractivity contribution in [3.05, 3.63) is 29.5 Å². The van der Waals surface area contributed by atoms with Gasteiger partial charge in [0, 0.05) is 55.2 Å². The van der Waals surface area contributed by atoms with Crippen molar-refractivity contribution in [1.29, 1.82) is 0 Å². The minimum absolute atomic E-state index is 0.360. The van der Waals surface area contributed by atoms with Gasteiger partial charge in [0.15, 0.2) is 0 Å². The highest BCUT2D eigenvalue weighted by molar-refractivity contribution is 5.85. The summed E-state index contributed by atoms with van der Waals surface area (Å²) in [5.74, 6) is 1.26. The molecule has 0 saturated carbocycles. The molecule has 2 aromatic rings.